The summed E-state index contributed by atoms with van der Waals surface area (Å²) in [7, 11) is -4.20. The van der Waals surface area contributed by atoms with Crippen LogP contribution >= 0.6 is 0 Å². The standard InChI is InChI=1S/C33H40FN3O4S/c1-4-31(33(39)35-28-8-6-5-7-9-28)36(22-26-14-10-24(2)11-15-26)32(38)23-37(29-18-16-27(34)17-19-29)42(40,41)30-20-12-25(3)13-21-30/h10-21,28,31H,4-9,22-23H2,1-3H3,(H,35,39)/t31-/m1/s1. The summed E-state index contributed by atoms with van der Waals surface area (Å²) in [4.78, 5) is 29.2. The summed E-state index contributed by atoms with van der Waals surface area (Å²) >= 11 is 0. The molecular formula is C33H40FN3O4S. The number of carbonyl (C=O) groups is 2. The number of benzene rings is 3. The minimum Gasteiger partial charge on any atom is -0.352 e. The van der Waals surface area contributed by atoms with Crippen LogP contribution in [0.15, 0.2) is 77.7 Å². The minimum absolute atomic E-state index is 0.0115. The number of nitrogens with one attached hydrogen (secondary N) is 1. The normalized spacial score (nSPS) is 14.7. The van der Waals surface area contributed by atoms with Crippen molar-refractivity contribution in [2.45, 2.75) is 82.8 Å². The van der Waals surface area contributed by atoms with Crippen molar-refractivity contribution in [1.29, 1.82) is 0 Å². The number of sulfonamides is 1. The Bertz CT molecular complexity index is 1450. The van der Waals surface area contributed by atoms with Crippen LogP contribution in [0.5, 0.6) is 0 Å². The first-order chi connectivity index (χ1) is 20.1. The lowest BCUT2D eigenvalue weighted by Crippen LogP contribution is -2.54. The number of rotatable bonds is 11. The number of hydrogen-bond donors (Lipinski definition) is 1. The molecule has 2 amide bonds. The molecule has 4 rings (SSSR count). The lowest BCUT2D eigenvalue weighted by molar-refractivity contribution is -0.140. The highest BCUT2D eigenvalue weighted by Crippen LogP contribution is 2.26. The van der Waals surface area contributed by atoms with Gasteiger partial charge in [-0.15, -0.1) is 0 Å². The fraction of sp³-hybridized carbons (Fsp3) is 0.394. The van der Waals surface area contributed by atoms with Crippen LogP contribution in [-0.4, -0.2) is 43.8 Å². The van der Waals surface area contributed by atoms with E-state index in [1.807, 2.05) is 45.0 Å². The smallest absolute Gasteiger partial charge is 0.264 e. The molecule has 1 saturated carbocycles. The zero-order valence-corrected chi connectivity index (χ0v) is 25.4. The third-order valence-corrected chi connectivity index (χ3v) is 9.60. The molecule has 9 heteroatoms. The first kappa shape index (κ1) is 31.2. The molecule has 0 bridgehead atoms. The summed E-state index contributed by atoms with van der Waals surface area (Å²) in [6, 6.07) is 18.3. The summed E-state index contributed by atoms with van der Waals surface area (Å²) in [6.07, 6.45) is 5.42. The van der Waals surface area contributed by atoms with Crippen molar-refractivity contribution < 1.29 is 22.4 Å². The Labute approximate surface area is 248 Å². The largest absolute Gasteiger partial charge is 0.352 e. The molecule has 1 atom stereocenters. The number of aryl methyl sites for hydroxylation is 2. The van der Waals surface area contributed by atoms with Crippen LogP contribution in [0.2, 0.25) is 0 Å². The molecule has 1 fully saturated rings. The van der Waals surface area contributed by atoms with Crippen molar-refractivity contribution in [3.05, 3.63) is 95.3 Å². The average Bonchev–Trinajstić information content (AvgIpc) is 2.98. The maximum Gasteiger partial charge on any atom is 0.264 e. The molecule has 3 aromatic carbocycles. The van der Waals surface area contributed by atoms with Crippen LogP contribution in [0.25, 0.3) is 0 Å². The van der Waals surface area contributed by atoms with E-state index in [9.17, 15) is 22.4 Å². The average molecular weight is 594 g/mol. The number of carbonyl (C=O) groups excluding carboxylic acids is 2. The maximum absolute atomic E-state index is 14.2. The van der Waals surface area contributed by atoms with E-state index in [0.717, 1.165) is 65.2 Å². The van der Waals surface area contributed by atoms with Gasteiger partial charge >= 0.3 is 0 Å². The molecule has 0 aliphatic heterocycles. The second kappa shape index (κ2) is 14.0. The van der Waals surface area contributed by atoms with Gasteiger partial charge < -0.3 is 10.2 Å². The van der Waals surface area contributed by atoms with Crippen molar-refractivity contribution in [3.63, 3.8) is 0 Å². The predicted octanol–water partition coefficient (Wildman–Crippen LogP) is 5.89. The molecule has 3 aromatic rings. The Balaban J connectivity index is 1.69. The van der Waals surface area contributed by atoms with Gasteiger partial charge in [0.05, 0.1) is 10.6 Å². The highest BCUT2D eigenvalue weighted by Gasteiger charge is 2.34. The van der Waals surface area contributed by atoms with Gasteiger partial charge in [0.2, 0.25) is 11.8 Å². The molecule has 1 aliphatic carbocycles. The predicted molar refractivity (Wildman–Crippen MR) is 163 cm³/mol. The maximum atomic E-state index is 14.2. The SMILES string of the molecule is CC[C@H](C(=O)NC1CCCCC1)N(Cc1ccc(C)cc1)C(=O)CN(c1ccc(F)cc1)S(=O)(=O)c1ccc(C)cc1. The van der Waals surface area contributed by atoms with Gasteiger partial charge in [-0.2, -0.15) is 0 Å². The zero-order valence-electron chi connectivity index (χ0n) is 24.6. The monoisotopic (exact) mass is 593 g/mol. The van der Waals surface area contributed by atoms with Crippen LogP contribution in [0.1, 0.15) is 62.1 Å². The molecule has 1 N–H and O–H groups in total. The van der Waals surface area contributed by atoms with E-state index in [4.69, 9.17) is 0 Å². The Morgan fingerprint density at radius 1 is 0.881 bits per heavy atom. The molecule has 0 saturated heterocycles. The quantitative estimate of drug-likeness (QED) is 0.300. The van der Waals surface area contributed by atoms with Crippen molar-refractivity contribution in [2.24, 2.45) is 0 Å². The number of halogens is 1. The van der Waals surface area contributed by atoms with E-state index < -0.39 is 34.3 Å². The Hall–Kier alpha value is -3.72. The Morgan fingerprint density at radius 2 is 1.45 bits per heavy atom. The molecule has 0 spiro atoms. The first-order valence-electron chi connectivity index (χ1n) is 14.6. The van der Waals surface area contributed by atoms with Crippen LogP contribution in [-0.2, 0) is 26.2 Å². The molecule has 1 aliphatic rings. The van der Waals surface area contributed by atoms with E-state index >= 15 is 0 Å². The van der Waals surface area contributed by atoms with Crippen LogP contribution in [0.3, 0.4) is 0 Å². The number of amides is 2. The van der Waals surface area contributed by atoms with Crippen LogP contribution in [0.4, 0.5) is 10.1 Å². The van der Waals surface area contributed by atoms with Crippen LogP contribution < -0.4 is 9.62 Å². The summed E-state index contributed by atoms with van der Waals surface area (Å²) < 4.78 is 42.6. The first-order valence-corrected chi connectivity index (χ1v) is 16.0. The molecule has 0 radical (unpaired) electrons. The molecular weight excluding hydrogens is 553 g/mol. The molecule has 0 aromatic heterocycles. The third-order valence-electron chi connectivity index (χ3n) is 7.81. The molecule has 224 valence electrons. The van der Waals surface area contributed by atoms with Crippen molar-refractivity contribution in [2.75, 3.05) is 10.8 Å². The number of nitrogens with zero attached hydrogens (tertiary/aromatic N) is 2. The molecule has 42 heavy (non-hydrogen) atoms. The van der Waals surface area contributed by atoms with E-state index in [-0.39, 0.29) is 29.1 Å². The second-order valence-electron chi connectivity index (χ2n) is 11.1. The summed E-state index contributed by atoms with van der Waals surface area (Å²) in [5.74, 6) is -1.29. The van der Waals surface area contributed by atoms with Gasteiger partial charge in [0.25, 0.3) is 10.0 Å². The third kappa shape index (κ3) is 7.76. The fourth-order valence-electron chi connectivity index (χ4n) is 5.33. The fourth-order valence-corrected chi connectivity index (χ4v) is 6.74. The zero-order chi connectivity index (χ0) is 30.3. The number of hydrogen-bond acceptors (Lipinski definition) is 4. The lowest BCUT2D eigenvalue weighted by Gasteiger charge is -2.34. The summed E-state index contributed by atoms with van der Waals surface area (Å²) in [6.45, 7) is 5.25. The van der Waals surface area contributed by atoms with E-state index in [1.165, 1.54) is 29.2 Å². The van der Waals surface area contributed by atoms with E-state index in [2.05, 4.69) is 5.32 Å². The molecule has 0 heterocycles. The van der Waals surface area contributed by atoms with Gasteiger partial charge in [0.1, 0.15) is 18.4 Å². The Morgan fingerprint density at radius 3 is 2.02 bits per heavy atom. The van der Waals surface area contributed by atoms with E-state index in [1.54, 1.807) is 12.1 Å². The topological polar surface area (TPSA) is 86.8 Å². The second-order valence-corrected chi connectivity index (χ2v) is 12.9. The Kier molecular flexibility index (Phi) is 10.4. The van der Waals surface area contributed by atoms with Gasteiger partial charge in [0.15, 0.2) is 0 Å². The van der Waals surface area contributed by atoms with Gasteiger partial charge in [-0.05, 0) is 75.1 Å². The molecule has 0 unspecified atom stereocenters. The van der Waals surface area contributed by atoms with Gasteiger partial charge in [0, 0.05) is 12.6 Å². The highest BCUT2D eigenvalue weighted by molar-refractivity contribution is 7.92. The lowest BCUT2D eigenvalue weighted by atomic mass is 9.95. The van der Waals surface area contributed by atoms with Crippen molar-refractivity contribution >= 4 is 27.5 Å². The summed E-state index contributed by atoms with van der Waals surface area (Å²) in [5.41, 5.74) is 2.93. The van der Waals surface area contributed by atoms with Gasteiger partial charge in [-0.1, -0.05) is 73.7 Å². The van der Waals surface area contributed by atoms with Crippen molar-refractivity contribution in [3.8, 4) is 0 Å². The minimum atomic E-state index is -4.20. The summed E-state index contributed by atoms with van der Waals surface area (Å²) in [5, 5.41) is 3.15. The number of anilines is 1. The van der Waals surface area contributed by atoms with E-state index in [0.29, 0.717) is 6.42 Å². The van der Waals surface area contributed by atoms with Crippen molar-refractivity contribution in [1.82, 2.24) is 10.2 Å². The van der Waals surface area contributed by atoms with Crippen LogP contribution in [0, 0.1) is 19.7 Å². The van der Waals surface area contributed by atoms with Gasteiger partial charge in [-0.25, -0.2) is 12.8 Å². The molecule has 7 nitrogen and oxygen atoms in total. The van der Waals surface area contributed by atoms with Gasteiger partial charge in [-0.3, -0.25) is 13.9 Å². The highest BCUT2D eigenvalue weighted by atomic mass is 32.2.